The van der Waals surface area contributed by atoms with Gasteiger partial charge in [0.1, 0.15) is 23.2 Å². The predicted molar refractivity (Wildman–Crippen MR) is 137 cm³/mol. The Kier molecular flexibility index (Phi) is 7.51. The van der Waals surface area contributed by atoms with Gasteiger partial charge in [-0.05, 0) is 31.1 Å². The molecule has 12 heteroatoms. The van der Waals surface area contributed by atoms with Gasteiger partial charge in [0.25, 0.3) is 0 Å². The van der Waals surface area contributed by atoms with E-state index in [1.54, 1.807) is 42.1 Å². The summed E-state index contributed by atoms with van der Waals surface area (Å²) in [6, 6.07) is 8.15. The Morgan fingerprint density at radius 3 is 2.68 bits per heavy atom. The molecule has 2 heterocycles. The fraction of sp³-hybridized carbons (Fsp3) is 0.308. The molecule has 1 unspecified atom stereocenters. The minimum Gasteiger partial charge on any atom is -0.371 e. The van der Waals surface area contributed by atoms with Crippen LogP contribution in [0.25, 0.3) is 11.5 Å². The molecule has 1 atom stereocenters. The zero-order valence-corrected chi connectivity index (χ0v) is 20.9. The molecule has 2 aromatic heterocycles. The molecule has 1 aliphatic carbocycles. The Labute approximate surface area is 217 Å². The van der Waals surface area contributed by atoms with Crippen molar-refractivity contribution in [1.82, 2.24) is 19.7 Å². The van der Waals surface area contributed by atoms with Crippen LogP contribution in [0.1, 0.15) is 36.9 Å². The van der Waals surface area contributed by atoms with Crippen LogP contribution >= 0.6 is 0 Å². The molecule has 8 nitrogen and oxygen atoms in total. The summed E-state index contributed by atoms with van der Waals surface area (Å²) in [5.41, 5.74) is -0.268. The number of anilines is 2. The molecule has 0 radical (unpaired) electrons. The van der Waals surface area contributed by atoms with Gasteiger partial charge in [-0.3, -0.25) is 4.68 Å². The number of halogens is 4. The van der Waals surface area contributed by atoms with Gasteiger partial charge in [0.15, 0.2) is 11.6 Å². The molecule has 3 aromatic rings. The second kappa shape index (κ2) is 10.6. The molecular weight excluding hydrogens is 502 g/mol. The number of hydrogen-bond donors (Lipinski definition) is 2. The second-order valence-corrected chi connectivity index (χ2v) is 8.94. The number of nitrogens with zero attached hydrogens (tertiary/aromatic N) is 5. The summed E-state index contributed by atoms with van der Waals surface area (Å²) in [5, 5.41) is 13.6. The van der Waals surface area contributed by atoms with Gasteiger partial charge in [0.2, 0.25) is 0 Å². The van der Waals surface area contributed by atoms with E-state index in [-0.39, 0.29) is 54.1 Å². The fourth-order valence-electron chi connectivity index (χ4n) is 4.07. The van der Waals surface area contributed by atoms with E-state index in [4.69, 9.17) is 4.84 Å². The van der Waals surface area contributed by atoms with Crippen LogP contribution in [0.15, 0.2) is 66.3 Å². The third-order valence-electron chi connectivity index (χ3n) is 6.47. The lowest BCUT2D eigenvalue weighted by molar-refractivity contribution is -0.174. The molecular formula is C26H27F4N7O. The van der Waals surface area contributed by atoms with Crippen molar-refractivity contribution >= 4 is 18.2 Å². The highest BCUT2D eigenvalue weighted by Gasteiger charge is 2.65. The molecule has 0 bridgehead atoms. The fourth-order valence-corrected chi connectivity index (χ4v) is 4.07. The smallest absolute Gasteiger partial charge is 0.371 e. The summed E-state index contributed by atoms with van der Waals surface area (Å²) < 4.78 is 56.5. The van der Waals surface area contributed by atoms with E-state index in [1.807, 2.05) is 6.92 Å². The molecule has 0 saturated heterocycles. The molecule has 0 amide bonds. The van der Waals surface area contributed by atoms with Crippen LogP contribution in [-0.2, 0) is 11.4 Å². The van der Waals surface area contributed by atoms with Crippen molar-refractivity contribution in [1.29, 1.82) is 0 Å². The van der Waals surface area contributed by atoms with Crippen molar-refractivity contribution in [3.05, 3.63) is 78.2 Å². The molecule has 200 valence electrons. The van der Waals surface area contributed by atoms with Crippen LogP contribution in [0.4, 0.5) is 29.1 Å². The third-order valence-corrected chi connectivity index (χ3v) is 6.47. The molecule has 0 spiro atoms. The first-order chi connectivity index (χ1) is 18.1. The van der Waals surface area contributed by atoms with Crippen LogP contribution in [-0.4, -0.2) is 39.7 Å². The van der Waals surface area contributed by atoms with Crippen LogP contribution < -0.4 is 10.6 Å². The Hall–Kier alpha value is -4.22. The molecule has 0 aliphatic heterocycles. The van der Waals surface area contributed by atoms with Crippen LogP contribution in [0.3, 0.4) is 0 Å². The van der Waals surface area contributed by atoms with Crippen molar-refractivity contribution in [3.63, 3.8) is 0 Å². The largest absolute Gasteiger partial charge is 0.399 e. The maximum absolute atomic E-state index is 14.4. The minimum absolute atomic E-state index is 0.0150. The van der Waals surface area contributed by atoms with Crippen LogP contribution in [0.5, 0.6) is 0 Å². The monoisotopic (exact) mass is 529 g/mol. The predicted octanol–water partition coefficient (Wildman–Crippen LogP) is 6.09. The van der Waals surface area contributed by atoms with E-state index in [0.717, 1.165) is 5.69 Å². The lowest BCUT2D eigenvalue weighted by atomic mass is 10.0. The minimum atomic E-state index is -4.39. The summed E-state index contributed by atoms with van der Waals surface area (Å²) in [7, 11) is 1.60. The van der Waals surface area contributed by atoms with Gasteiger partial charge >= 0.3 is 6.18 Å². The highest BCUT2D eigenvalue weighted by Crippen LogP contribution is 2.61. The normalized spacial score (nSPS) is 15.2. The van der Waals surface area contributed by atoms with Gasteiger partial charge in [-0.1, -0.05) is 36.9 Å². The van der Waals surface area contributed by atoms with E-state index < -0.39 is 11.6 Å². The van der Waals surface area contributed by atoms with E-state index in [2.05, 4.69) is 44.2 Å². The second-order valence-electron chi connectivity index (χ2n) is 8.94. The number of aromatic nitrogens is 4. The van der Waals surface area contributed by atoms with Gasteiger partial charge in [-0.25, -0.2) is 14.4 Å². The van der Waals surface area contributed by atoms with Crippen LogP contribution in [0.2, 0.25) is 0 Å². The summed E-state index contributed by atoms with van der Waals surface area (Å²) in [6.07, 6.45) is 0.0810. The summed E-state index contributed by atoms with van der Waals surface area (Å²) in [4.78, 5) is 13.7. The van der Waals surface area contributed by atoms with Crippen molar-refractivity contribution in [2.24, 2.45) is 10.6 Å². The first kappa shape index (κ1) is 26.8. The van der Waals surface area contributed by atoms with Crippen LogP contribution in [0, 0.1) is 11.2 Å². The highest BCUT2D eigenvalue weighted by molar-refractivity contribution is 5.69. The van der Waals surface area contributed by atoms with Gasteiger partial charge in [-0.15, -0.1) is 0 Å². The topological polar surface area (TPSA) is 89.2 Å². The maximum atomic E-state index is 14.4. The Morgan fingerprint density at radius 2 is 2.05 bits per heavy atom. The Balaban J connectivity index is 1.66. The molecule has 1 aromatic carbocycles. The quantitative estimate of drug-likeness (QED) is 0.135. The lowest BCUT2D eigenvalue weighted by Gasteiger charge is -2.23. The van der Waals surface area contributed by atoms with Gasteiger partial charge < -0.3 is 15.5 Å². The van der Waals surface area contributed by atoms with Crippen molar-refractivity contribution in [3.8, 4) is 11.5 Å². The highest BCUT2D eigenvalue weighted by atomic mass is 19.4. The first-order valence-corrected chi connectivity index (χ1v) is 11.8. The van der Waals surface area contributed by atoms with Gasteiger partial charge in [0.05, 0.1) is 18.4 Å². The van der Waals surface area contributed by atoms with E-state index in [1.165, 1.54) is 18.5 Å². The average Bonchev–Trinajstić information content (AvgIpc) is 3.61. The first-order valence-electron chi connectivity index (χ1n) is 11.8. The Morgan fingerprint density at radius 1 is 1.32 bits per heavy atom. The van der Waals surface area contributed by atoms with E-state index in [9.17, 15) is 17.6 Å². The summed E-state index contributed by atoms with van der Waals surface area (Å²) in [6.45, 7) is 8.93. The molecule has 2 N–H and O–H groups in total. The summed E-state index contributed by atoms with van der Waals surface area (Å²) in [5.74, 6) is -0.0709. The van der Waals surface area contributed by atoms with E-state index >= 15 is 0 Å². The number of nitrogens with one attached hydrogen (secondary N) is 2. The SMILES string of the molecule is C=NO/C=C\C(C)c1cc(-c2ncc(NC(=C)C3(C(F)(F)F)CC3)c(NC)n2)nn1Cc1ccccc1F. The van der Waals surface area contributed by atoms with Crippen molar-refractivity contribution < 1.29 is 22.4 Å². The van der Waals surface area contributed by atoms with Gasteiger partial charge in [0, 0.05) is 36.6 Å². The number of rotatable bonds is 11. The van der Waals surface area contributed by atoms with Crippen molar-refractivity contribution in [2.45, 2.75) is 38.4 Å². The number of allylic oxidation sites excluding steroid dienone is 2. The number of alkyl halides is 3. The Bertz CT molecular complexity index is 1360. The molecule has 1 fully saturated rings. The zero-order valence-electron chi connectivity index (χ0n) is 20.9. The standard InChI is InChI=1S/C26H27F4N7O/c1-16(9-12-38-32-4)22-13-20(36-37(22)15-18-7-5-6-8-19(18)27)24-33-14-21(23(31-3)35-24)34-17(2)25(10-11-25)26(28,29)30/h5-9,12-14,16,34H,2,4,10-11,15H2,1,3H3,(H,31,33,35)/b12-9-. The number of hydrogen-bond acceptors (Lipinski definition) is 7. The molecule has 1 aliphatic rings. The lowest BCUT2D eigenvalue weighted by Crippen LogP contribution is -2.29. The zero-order chi connectivity index (χ0) is 27.5. The van der Waals surface area contributed by atoms with E-state index in [0.29, 0.717) is 11.3 Å². The number of benzene rings is 1. The number of oxime groups is 1. The molecule has 4 rings (SSSR count). The van der Waals surface area contributed by atoms with Crippen molar-refractivity contribution in [2.75, 3.05) is 17.7 Å². The molecule has 1 saturated carbocycles. The summed E-state index contributed by atoms with van der Waals surface area (Å²) >= 11 is 0. The average molecular weight is 530 g/mol. The third kappa shape index (κ3) is 5.38. The maximum Gasteiger partial charge on any atom is 0.399 e. The van der Waals surface area contributed by atoms with Gasteiger partial charge in [-0.2, -0.15) is 18.3 Å². The molecule has 38 heavy (non-hydrogen) atoms.